The molecule has 0 saturated heterocycles. The average molecular weight is 229 g/mol. The second-order valence-electron chi connectivity index (χ2n) is 2.75. The largest absolute Gasteiger partial charge is 0.329 e. The first kappa shape index (κ1) is 9.73. The van der Waals surface area contributed by atoms with Crippen LogP contribution >= 0.6 is 23.4 Å². The second-order valence-corrected chi connectivity index (χ2v) is 4.17. The molecule has 2 aromatic rings. The van der Waals surface area contributed by atoms with Crippen LogP contribution in [0.4, 0.5) is 0 Å². The zero-order valence-corrected chi connectivity index (χ0v) is 9.19. The minimum Gasteiger partial charge on any atom is -0.329 e. The highest BCUT2D eigenvalue weighted by Gasteiger charge is 2.07. The first-order valence-corrected chi connectivity index (χ1v) is 5.67. The molecule has 0 radical (unpaired) electrons. The SMILES string of the molecule is CCCSc1nc(Cl)c2nc[nH]c2n1. The number of thioether (sulfide) groups is 1. The normalized spacial score (nSPS) is 11.0. The van der Waals surface area contributed by atoms with Crippen LogP contribution in [0, 0.1) is 0 Å². The van der Waals surface area contributed by atoms with Crippen molar-refractivity contribution in [2.75, 3.05) is 5.75 Å². The molecule has 4 nitrogen and oxygen atoms in total. The summed E-state index contributed by atoms with van der Waals surface area (Å²) in [5.74, 6) is 0.996. The smallest absolute Gasteiger partial charge is 0.191 e. The molecular weight excluding hydrogens is 220 g/mol. The van der Waals surface area contributed by atoms with Crippen molar-refractivity contribution in [2.45, 2.75) is 18.5 Å². The molecule has 0 saturated carbocycles. The summed E-state index contributed by atoms with van der Waals surface area (Å²) < 4.78 is 0. The molecule has 0 atom stereocenters. The minimum absolute atomic E-state index is 0.412. The summed E-state index contributed by atoms with van der Waals surface area (Å²) in [5.41, 5.74) is 1.33. The van der Waals surface area contributed by atoms with Gasteiger partial charge in [-0.2, -0.15) is 0 Å². The van der Waals surface area contributed by atoms with E-state index in [0.29, 0.717) is 21.5 Å². The fourth-order valence-electron chi connectivity index (χ4n) is 1.04. The molecule has 0 aliphatic rings. The highest BCUT2D eigenvalue weighted by atomic mass is 35.5. The molecule has 6 heteroatoms. The molecule has 2 rings (SSSR count). The van der Waals surface area contributed by atoms with Gasteiger partial charge < -0.3 is 4.98 Å². The maximum absolute atomic E-state index is 5.94. The molecule has 2 aromatic heterocycles. The van der Waals surface area contributed by atoms with Gasteiger partial charge in [0.25, 0.3) is 0 Å². The van der Waals surface area contributed by atoms with E-state index in [4.69, 9.17) is 11.6 Å². The van der Waals surface area contributed by atoms with Gasteiger partial charge in [0.2, 0.25) is 0 Å². The van der Waals surface area contributed by atoms with Crippen LogP contribution in [-0.4, -0.2) is 25.7 Å². The van der Waals surface area contributed by atoms with Gasteiger partial charge in [-0.15, -0.1) is 0 Å². The molecule has 0 spiro atoms. The third-order valence-corrected chi connectivity index (χ3v) is 2.97. The van der Waals surface area contributed by atoms with Crippen LogP contribution in [0.2, 0.25) is 5.15 Å². The first-order valence-electron chi connectivity index (χ1n) is 4.30. The lowest BCUT2D eigenvalue weighted by Crippen LogP contribution is -1.90. The van der Waals surface area contributed by atoms with E-state index in [0.717, 1.165) is 12.2 Å². The molecule has 0 aliphatic carbocycles. The Labute approximate surface area is 90.5 Å². The number of imidazole rings is 1. The third kappa shape index (κ3) is 1.83. The van der Waals surface area contributed by atoms with Crippen LogP contribution in [0.5, 0.6) is 0 Å². The van der Waals surface area contributed by atoms with Gasteiger partial charge in [-0.3, -0.25) is 0 Å². The summed E-state index contributed by atoms with van der Waals surface area (Å²) in [4.78, 5) is 15.4. The standard InChI is InChI=1S/C8H9ClN4S/c1-2-3-14-8-12-6(9)5-7(13-8)11-4-10-5/h4H,2-3H2,1H3,(H,10,11,12,13). The van der Waals surface area contributed by atoms with Crippen molar-refractivity contribution in [2.24, 2.45) is 0 Å². The molecule has 0 bridgehead atoms. The lowest BCUT2D eigenvalue weighted by Gasteiger charge is -1.98. The van der Waals surface area contributed by atoms with Crippen molar-refractivity contribution in [3.63, 3.8) is 0 Å². The highest BCUT2D eigenvalue weighted by molar-refractivity contribution is 7.99. The number of hydrogen-bond acceptors (Lipinski definition) is 4. The molecular formula is C8H9ClN4S. The molecule has 0 amide bonds. The van der Waals surface area contributed by atoms with Crippen molar-refractivity contribution in [1.82, 2.24) is 19.9 Å². The molecule has 0 aliphatic heterocycles. The molecule has 0 fully saturated rings. The Balaban J connectivity index is 2.38. The zero-order valence-electron chi connectivity index (χ0n) is 7.62. The van der Waals surface area contributed by atoms with Crippen molar-refractivity contribution < 1.29 is 0 Å². The van der Waals surface area contributed by atoms with E-state index in [2.05, 4.69) is 26.9 Å². The topological polar surface area (TPSA) is 54.5 Å². The number of rotatable bonds is 3. The zero-order chi connectivity index (χ0) is 9.97. The van der Waals surface area contributed by atoms with Crippen LogP contribution in [0.25, 0.3) is 11.2 Å². The summed E-state index contributed by atoms with van der Waals surface area (Å²) >= 11 is 7.53. The monoisotopic (exact) mass is 228 g/mol. The maximum atomic E-state index is 5.94. The van der Waals surface area contributed by atoms with E-state index in [1.807, 2.05) is 0 Å². The number of fused-ring (bicyclic) bond motifs is 1. The first-order chi connectivity index (χ1) is 6.81. The van der Waals surface area contributed by atoms with Crippen molar-refractivity contribution in [3.05, 3.63) is 11.5 Å². The molecule has 1 N–H and O–H groups in total. The predicted octanol–water partition coefficient (Wildman–Crippen LogP) is 2.51. The predicted molar refractivity (Wildman–Crippen MR) is 57.7 cm³/mol. The van der Waals surface area contributed by atoms with Gasteiger partial charge in [-0.25, -0.2) is 15.0 Å². The van der Waals surface area contributed by atoms with E-state index in [-0.39, 0.29) is 0 Å². The number of aromatic amines is 1. The molecule has 0 aromatic carbocycles. The van der Waals surface area contributed by atoms with Gasteiger partial charge in [-0.1, -0.05) is 30.3 Å². The van der Waals surface area contributed by atoms with E-state index >= 15 is 0 Å². The summed E-state index contributed by atoms with van der Waals surface area (Å²) in [6.45, 7) is 2.11. The minimum atomic E-state index is 0.412. The van der Waals surface area contributed by atoms with Gasteiger partial charge in [-0.05, 0) is 6.42 Å². The summed E-state index contributed by atoms with van der Waals surface area (Å²) in [6, 6.07) is 0. The summed E-state index contributed by atoms with van der Waals surface area (Å²) in [7, 11) is 0. The van der Waals surface area contributed by atoms with E-state index in [1.54, 1.807) is 18.1 Å². The molecule has 74 valence electrons. The van der Waals surface area contributed by atoms with Crippen molar-refractivity contribution in [1.29, 1.82) is 0 Å². The molecule has 14 heavy (non-hydrogen) atoms. The number of nitrogens with one attached hydrogen (secondary N) is 1. The Bertz CT molecular complexity index is 442. The Morgan fingerprint density at radius 1 is 1.50 bits per heavy atom. The van der Waals surface area contributed by atoms with Crippen molar-refractivity contribution in [3.8, 4) is 0 Å². The number of nitrogens with zero attached hydrogens (tertiary/aromatic N) is 3. The maximum Gasteiger partial charge on any atom is 0.191 e. The third-order valence-electron chi connectivity index (χ3n) is 1.65. The number of hydrogen-bond donors (Lipinski definition) is 1. The van der Waals surface area contributed by atoms with Gasteiger partial charge in [0, 0.05) is 5.75 Å². The number of halogens is 1. The number of aromatic nitrogens is 4. The van der Waals surface area contributed by atoms with Gasteiger partial charge in [0.1, 0.15) is 5.52 Å². The summed E-state index contributed by atoms with van der Waals surface area (Å²) in [5, 5.41) is 1.11. The van der Waals surface area contributed by atoms with E-state index in [9.17, 15) is 0 Å². The summed E-state index contributed by atoms with van der Waals surface area (Å²) in [6.07, 6.45) is 2.66. The number of H-pyrrole nitrogens is 1. The Kier molecular flexibility index (Phi) is 2.88. The lowest BCUT2D eigenvalue weighted by molar-refractivity contribution is 0.986. The fraction of sp³-hybridized carbons (Fsp3) is 0.375. The van der Waals surface area contributed by atoms with Gasteiger partial charge in [0.15, 0.2) is 16.0 Å². The molecule has 0 unspecified atom stereocenters. The van der Waals surface area contributed by atoms with Crippen LogP contribution in [0.15, 0.2) is 11.5 Å². The van der Waals surface area contributed by atoms with Gasteiger partial charge in [0.05, 0.1) is 6.33 Å². The second kappa shape index (κ2) is 4.14. The van der Waals surface area contributed by atoms with Gasteiger partial charge >= 0.3 is 0 Å². The Morgan fingerprint density at radius 2 is 2.36 bits per heavy atom. The lowest BCUT2D eigenvalue weighted by atomic mass is 10.6. The van der Waals surface area contributed by atoms with Crippen molar-refractivity contribution >= 4 is 34.5 Å². The quantitative estimate of drug-likeness (QED) is 0.498. The Hall–Kier alpha value is -0.810. The highest BCUT2D eigenvalue weighted by Crippen LogP contribution is 2.21. The van der Waals surface area contributed by atoms with E-state index < -0.39 is 0 Å². The van der Waals surface area contributed by atoms with Crippen LogP contribution in [0.1, 0.15) is 13.3 Å². The van der Waals surface area contributed by atoms with E-state index in [1.165, 1.54) is 0 Å². The Morgan fingerprint density at radius 3 is 3.14 bits per heavy atom. The van der Waals surface area contributed by atoms with Crippen LogP contribution in [-0.2, 0) is 0 Å². The fourth-order valence-corrected chi connectivity index (χ4v) is 2.01. The molecule has 2 heterocycles. The van der Waals surface area contributed by atoms with Crippen LogP contribution < -0.4 is 0 Å². The van der Waals surface area contributed by atoms with Crippen LogP contribution in [0.3, 0.4) is 0 Å². The average Bonchev–Trinajstić information content (AvgIpc) is 2.63.